The van der Waals surface area contributed by atoms with E-state index in [-0.39, 0.29) is 0 Å². The summed E-state index contributed by atoms with van der Waals surface area (Å²) < 4.78 is 0. The SMILES string of the molecule is CSc1c[nH]cc1Cl. The maximum Gasteiger partial charge on any atom is 0.0716 e. The van der Waals surface area contributed by atoms with Gasteiger partial charge in [-0.25, -0.2) is 0 Å². The van der Waals surface area contributed by atoms with Crippen LogP contribution in [0.25, 0.3) is 0 Å². The Morgan fingerprint density at radius 2 is 2.38 bits per heavy atom. The molecule has 0 atom stereocenters. The van der Waals surface area contributed by atoms with E-state index in [0.29, 0.717) is 0 Å². The number of rotatable bonds is 1. The zero-order valence-corrected chi connectivity index (χ0v) is 6.01. The third-order valence-corrected chi connectivity index (χ3v) is 2.08. The second-order valence-electron chi connectivity index (χ2n) is 1.37. The van der Waals surface area contributed by atoms with Crippen LogP contribution in [0.2, 0.25) is 5.02 Å². The lowest BCUT2D eigenvalue weighted by molar-refractivity contribution is 1.38. The fourth-order valence-corrected chi connectivity index (χ4v) is 1.28. The molecule has 1 aromatic heterocycles. The first-order valence-corrected chi connectivity index (χ1v) is 3.81. The van der Waals surface area contributed by atoms with E-state index in [1.165, 1.54) is 0 Å². The van der Waals surface area contributed by atoms with E-state index in [2.05, 4.69) is 4.98 Å². The van der Waals surface area contributed by atoms with Gasteiger partial charge in [0.2, 0.25) is 0 Å². The molecule has 1 aromatic rings. The Balaban J connectivity index is 2.92. The summed E-state index contributed by atoms with van der Waals surface area (Å²) in [6.07, 6.45) is 5.65. The van der Waals surface area contributed by atoms with Crippen LogP contribution in [0.1, 0.15) is 0 Å². The number of aromatic nitrogens is 1. The topological polar surface area (TPSA) is 15.8 Å². The molecule has 0 aromatic carbocycles. The Morgan fingerprint density at radius 1 is 1.62 bits per heavy atom. The van der Waals surface area contributed by atoms with Gasteiger partial charge in [0.05, 0.1) is 5.02 Å². The van der Waals surface area contributed by atoms with E-state index in [4.69, 9.17) is 11.6 Å². The van der Waals surface area contributed by atoms with Gasteiger partial charge in [0.25, 0.3) is 0 Å². The van der Waals surface area contributed by atoms with Gasteiger partial charge in [-0.05, 0) is 6.26 Å². The van der Waals surface area contributed by atoms with Gasteiger partial charge in [0, 0.05) is 17.3 Å². The molecule has 0 spiro atoms. The molecular weight excluding hydrogens is 142 g/mol. The molecule has 1 rings (SSSR count). The summed E-state index contributed by atoms with van der Waals surface area (Å²) in [7, 11) is 0. The highest BCUT2D eigenvalue weighted by molar-refractivity contribution is 7.98. The molecule has 0 bridgehead atoms. The van der Waals surface area contributed by atoms with Crippen LogP contribution in [0.15, 0.2) is 17.3 Å². The average Bonchev–Trinajstić information content (AvgIpc) is 2.14. The first kappa shape index (κ1) is 6.05. The number of nitrogens with one attached hydrogen (secondary N) is 1. The van der Waals surface area contributed by atoms with Gasteiger partial charge in [-0.15, -0.1) is 11.8 Å². The molecule has 0 aliphatic heterocycles. The zero-order chi connectivity index (χ0) is 5.98. The molecule has 1 nitrogen and oxygen atoms in total. The molecule has 0 radical (unpaired) electrons. The maximum atomic E-state index is 5.69. The summed E-state index contributed by atoms with van der Waals surface area (Å²) in [5, 5.41) is 0.803. The van der Waals surface area contributed by atoms with Crippen molar-refractivity contribution < 1.29 is 0 Å². The summed E-state index contributed by atoms with van der Waals surface area (Å²) in [6.45, 7) is 0. The lowest BCUT2D eigenvalue weighted by Gasteiger charge is -1.84. The Morgan fingerprint density at radius 3 is 2.62 bits per heavy atom. The van der Waals surface area contributed by atoms with Crippen molar-refractivity contribution in [3.8, 4) is 0 Å². The van der Waals surface area contributed by atoms with Crippen molar-refractivity contribution in [3.63, 3.8) is 0 Å². The highest BCUT2D eigenvalue weighted by Gasteiger charge is 1.94. The van der Waals surface area contributed by atoms with E-state index in [1.54, 1.807) is 18.0 Å². The molecule has 0 fully saturated rings. The monoisotopic (exact) mass is 147 g/mol. The quantitative estimate of drug-likeness (QED) is 0.604. The van der Waals surface area contributed by atoms with Crippen molar-refractivity contribution >= 4 is 23.4 Å². The highest BCUT2D eigenvalue weighted by atomic mass is 35.5. The predicted octanol–water partition coefficient (Wildman–Crippen LogP) is 2.39. The Hall–Kier alpha value is -0.0800. The molecule has 0 unspecified atom stereocenters. The molecule has 3 heteroatoms. The summed E-state index contributed by atoms with van der Waals surface area (Å²) >= 11 is 7.33. The number of aromatic amines is 1. The van der Waals surface area contributed by atoms with Crippen molar-refractivity contribution in [3.05, 3.63) is 17.4 Å². The summed E-state index contributed by atoms with van der Waals surface area (Å²) in [6, 6.07) is 0. The van der Waals surface area contributed by atoms with E-state index in [0.717, 1.165) is 9.92 Å². The normalized spacial score (nSPS) is 9.75. The summed E-state index contributed by atoms with van der Waals surface area (Å²) in [4.78, 5) is 4.00. The molecular formula is C5H6ClNS. The van der Waals surface area contributed by atoms with Crippen LogP contribution in [0, 0.1) is 0 Å². The van der Waals surface area contributed by atoms with Gasteiger partial charge >= 0.3 is 0 Å². The molecule has 1 N–H and O–H groups in total. The predicted molar refractivity (Wildman–Crippen MR) is 37.6 cm³/mol. The van der Waals surface area contributed by atoms with Gasteiger partial charge in [0.1, 0.15) is 0 Å². The molecule has 0 saturated heterocycles. The number of thioether (sulfide) groups is 1. The van der Waals surface area contributed by atoms with Crippen LogP contribution in [0.3, 0.4) is 0 Å². The van der Waals surface area contributed by atoms with Gasteiger partial charge in [0.15, 0.2) is 0 Å². The van der Waals surface area contributed by atoms with Crippen LogP contribution in [-0.4, -0.2) is 11.2 Å². The van der Waals surface area contributed by atoms with Gasteiger partial charge in [-0.2, -0.15) is 0 Å². The van der Waals surface area contributed by atoms with Crippen molar-refractivity contribution in [1.82, 2.24) is 4.98 Å². The van der Waals surface area contributed by atoms with Crippen molar-refractivity contribution in [2.24, 2.45) is 0 Å². The van der Waals surface area contributed by atoms with E-state index in [9.17, 15) is 0 Å². The number of hydrogen-bond donors (Lipinski definition) is 1. The summed E-state index contributed by atoms with van der Waals surface area (Å²) in [5.74, 6) is 0. The second kappa shape index (κ2) is 2.46. The number of H-pyrrole nitrogens is 1. The molecule has 44 valence electrons. The fourth-order valence-electron chi connectivity index (χ4n) is 0.487. The van der Waals surface area contributed by atoms with Crippen LogP contribution in [0.4, 0.5) is 0 Å². The Bertz CT molecular complexity index is 173. The largest absolute Gasteiger partial charge is 0.365 e. The number of hydrogen-bond acceptors (Lipinski definition) is 1. The van der Waals surface area contributed by atoms with Crippen LogP contribution in [0.5, 0.6) is 0 Å². The van der Waals surface area contributed by atoms with Crippen LogP contribution in [-0.2, 0) is 0 Å². The van der Waals surface area contributed by atoms with Gasteiger partial charge < -0.3 is 4.98 Å². The first-order valence-electron chi connectivity index (χ1n) is 2.21. The van der Waals surface area contributed by atoms with Gasteiger partial charge in [-0.1, -0.05) is 11.6 Å². The standard InChI is InChI=1S/C5H6ClNS/c1-8-5-3-7-2-4(5)6/h2-3,7H,1H3. The Labute approximate surface area is 57.4 Å². The lowest BCUT2D eigenvalue weighted by Crippen LogP contribution is -1.56. The highest BCUT2D eigenvalue weighted by Crippen LogP contribution is 2.23. The maximum absolute atomic E-state index is 5.69. The van der Waals surface area contributed by atoms with Crippen molar-refractivity contribution in [2.75, 3.05) is 6.26 Å². The van der Waals surface area contributed by atoms with Crippen LogP contribution < -0.4 is 0 Å². The van der Waals surface area contributed by atoms with Gasteiger partial charge in [-0.3, -0.25) is 0 Å². The molecule has 0 amide bonds. The lowest BCUT2D eigenvalue weighted by atomic mass is 10.7. The van der Waals surface area contributed by atoms with E-state index in [1.807, 2.05) is 12.5 Å². The minimum Gasteiger partial charge on any atom is -0.365 e. The van der Waals surface area contributed by atoms with Crippen molar-refractivity contribution in [1.29, 1.82) is 0 Å². The zero-order valence-electron chi connectivity index (χ0n) is 4.44. The Kier molecular flexibility index (Phi) is 1.86. The molecule has 0 aliphatic carbocycles. The minimum atomic E-state index is 0.803. The number of halogens is 1. The molecule has 0 saturated carbocycles. The first-order chi connectivity index (χ1) is 3.84. The minimum absolute atomic E-state index is 0.803. The fraction of sp³-hybridized carbons (Fsp3) is 0.200. The van der Waals surface area contributed by atoms with Crippen LogP contribution >= 0.6 is 23.4 Å². The molecule has 1 heterocycles. The van der Waals surface area contributed by atoms with E-state index >= 15 is 0 Å². The third-order valence-electron chi connectivity index (χ3n) is 0.880. The van der Waals surface area contributed by atoms with E-state index < -0.39 is 0 Å². The smallest absolute Gasteiger partial charge is 0.0716 e. The molecule has 0 aliphatic rings. The second-order valence-corrected chi connectivity index (χ2v) is 2.63. The summed E-state index contributed by atoms with van der Waals surface area (Å²) in [5.41, 5.74) is 0. The molecule has 8 heavy (non-hydrogen) atoms. The third kappa shape index (κ3) is 1.01. The van der Waals surface area contributed by atoms with Crippen molar-refractivity contribution in [2.45, 2.75) is 4.90 Å². The average molecular weight is 148 g/mol.